The molecule has 86 valence electrons. The summed E-state index contributed by atoms with van der Waals surface area (Å²) in [5, 5.41) is 0. The van der Waals surface area contributed by atoms with E-state index in [9.17, 15) is 0 Å². The Morgan fingerprint density at radius 3 is 3.06 bits per heavy atom. The van der Waals surface area contributed by atoms with Gasteiger partial charge in [-0.1, -0.05) is 19.8 Å². The van der Waals surface area contributed by atoms with Gasteiger partial charge in [0.2, 0.25) is 0 Å². The smallest absolute Gasteiger partial charge is 0.148 e. The lowest BCUT2D eigenvalue weighted by molar-refractivity contribution is 0.306. The molecule has 0 N–H and O–H groups in total. The highest BCUT2D eigenvalue weighted by molar-refractivity contribution is 7.82. The van der Waals surface area contributed by atoms with Crippen LogP contribution in [0.2, 0.25) is 0 Å². The van der Waals surface area contributed by atoms with Gasteiger partial charge in [-0.05, 0) is 18.6 Å². The Hall–Kier alpha value is -0.740. The molecule has 2 nitrogen and oxygen atoms in total. The molecule has 0 bridgehead atoms. The van der Waals surface area contributed by atoms with Crippen LogP contribution < -0.4 is 4.74 Å². The Bertz CT molecular complexity index is 467. The van der Waals surface area contributed by atoms with Crippen molar-refractivity contribution in [1.29, 1.82) is 0 Å². The van der Waals surface area contributed by atoms with Gasteiger partial charge in [0, 0.05) is 6.07 Å². The zero-order valence-corrected chi connectivity index (χ0v) is 11.0. The van der Waals surface area contributed by atoms with Crippen molar-refractivity contribution in [3.8, 4) is 5.75 Å². The molecule has 0 saturated carbocycles. The molecule has 0 aliphatic carbocycles. The van der Waals surface area contributed by atoms with Crippen LogP contribution in [-0.2, 0) is 0 Å². The van der Waals surface area contributed by atoms with Crippen molar-refractivity contribution >= 4 is 34.2 Å². The highest BCUT2D eigenvalue weighted by atomic mass is 32.2. The number of unbranched alkanes of at least 4 members (excludes halogenated alkanes) is 2. The highest BCUT2D eigenvalue weighted by Crippen LogP contribution is 2.27. The number of thiazole rings is 1. The molecule has 0 fully saturated rings. The average Bonchev–Trinajstić information content (AvgIpc) is 2.64. The molecule has 0 aliphatic heterocycles. The van der Waals surface area contributed by atoms with Crippen molar-refractivity contribution in [2.24, 2.45) is 0 Å². The Balaban J connectivity index is 2.02. The highest BCUT2D eigenvalue weighted by Gasteiger charge is 2.02. The van der Waals surface area contributed by atoms with Crippen LogP contribution in [0.3, 0.4) is 0 Å². The van der Waals surface area contributed by atoms with Gasteiger partial charge >= 0.3 is 0 Å². The van der Waals surface area contributed by atoms with Crippen molar-refractivity contribution in [3.63, 3.8) is 0 Å². The van der Waals surface area contributed by atoms with Gasteiger partial charge in [0.15, 0.2) is 0 Å². The molecule has 4 heteroatoms. The van der Waals surface area contributed by atoms with Gasteiger partial charge in [0.1, 0.15) is 10.1 Å². The number of ether oxygens (including phenoxy) is 1. The molecule has 0 radical (unpaired) electrons. The molecule has 1 aromatic heterocycles. The Morgan fingerprint density at radius 1 is 1.38 bits per heavy atom. The van der Waals surface area contributed by atoms with E-state index in [1.807, 2.05) is 18.2 Å². The molecular weight excluding hydrogens is 238 g/mol. The third kappa shape index (κ3) is 2.89. The van der Waals surface area contributed by atoms with E-state index in [2.05, 4.69) is 24.5 Å². The summed E-state index contributed by atoms with van der Waals surface area (Å²) in [5.41, 5.74) is 0.975. The molecule has 0 atom stereocenters. The van der Waals surface area contributed by atoms with E-state index in [1.165, 1.54) is 12.8 Å². The molecule has 0 unspecified atom stereocenters. The van der Waals surface area contributed by atoms with Crippen LogP contribution in [0.25, 0.3) is 10.2 Å². The summed E-state index contributed by atoms with van der Waals surface area (Å²) < 4.78 is 7.63. The lowest BCUT2D eigenvalue weighted by Gasteiger charge is -2.04. The molecule has 0 spiro atoms. The van der Waals surface area contributed by atoms with Gasteiger partial charge < -0.3 is 4.74 Å². The van der Waals surface area contributed by atoms with E-state index in [0.29, 0.717) is 0 Å². The van der Waals surface area contributed by atoms with Gasteiger partial charge in [-0.3, -0.25) is 0 Å². The maximum atomic E-state index is 5.67. The third-order valence-corrected chi connectivity index (χ3v) is 3.58. The number of hydrogen-bond acceptors (Lipinski definition) is 4. The zero-order chi connectivity index (χ0) is 11.4. The first-order valence-corrected chi connectivity index (χ1v) is 6.78. The number of aromatic nitrogens is 1. The van der Waals surface area contributed by atoms with Crippen molar-refractivity contribution in [3.05, 3.63) is 18.2 Å². The van der Waals surface area contributed by atoms with Crippen LogP contribution in [0.1, 0.15) is 26.2 Å². The monoisotopic (exact) mass is 253 g/mol. The van der Waals surface area contributed by atoms with Crippen LogP contribution in [0.5, 0.6) is 5.75 Å². The standard InChI is InChI=1S/C12H15NOS2/c1-2-3-4-7-14-9-5-6-11-10(8-9)13-12(15)16-11/h5-6,8H,2-4,7H2,1H3,(H,13,15). The first-order chi connectivity index (χ1) is 7.79. The van der Waals surface area contributed by atoms with Crippen LogP contribution in [0.15, 0.2) is 22.5 Å². The molecular formula is C12H15NOS2. The number of hydrogen-bond donors (Lipinski definition) is 1. The van der Waals surface area contributed by atoms with E-state index in [4.69, 9.17) is 4.74 Å². The lowest BCUT2D eigenvalue weighted by Crippen LogP contribution is -1.96. The molecule has 2 aromatic rings. The van der Waals surface area contributed by atoms with Crippen molar-refractivity contribution in [2.75, 3.05) is 6.61 Å². The lowest BCUT2D eigenvalue weighted by atomic mass is 10.3. The second kappa shape index (κ2) is 5.55. The van der Waals surface area contributed by atoms with E-state index in [-0.39, 0.29) is 0 Å². The molecule has 1 aromatic carbocycles. The SMILES string of the molecule is CCCCCOc1ccc2sc(S)nc2c1. The third-order valence-electron chi connectivity index (χ3n) is 2.36. The average molecular weight is 253 g/mol. The largest absolute Gasteiger partial charge is 0.494 e. The minimum atomic E-state index is 0.789. The molecule has 16 heavy (non-hydrogen) atoms. The van der Waals surface area contributed by atoms with Crippen molar-refractivity contribution in [2.45, 2.75) is 30.5 Å². The summed E-state index contributed by atoms with van der Waals surface area (Å²) in [4.78, 5) is 4.32. The predicted octanol–water partition coefficient (Wildman–Crippen LogP) is 4.15. The number of benzene rings is 1. The fourth-order valence-electron chi connectivity index (χ4n) is 1.53. The first kappa shape index (κ1) is 11.7. The molecule has 0 aliphatic rings. The summed E-state index contributed by atoms with van der Waals surface area (Å²) in [5.74, 6) is 0.905. The van der Waals surface area contributed by atoms with E-state index >= 15 is 0 Å². The minimum Gasteiger partial charge on any atom is -0.494 e. The number of rotatable bonds is 5. The summed E-state index contributed by atoms with van der Waals surface area (Å²) >= 11 is 5.83. The fraction of sp³-hybridized carbons (Fsp3) is 0.417. The van der Waals surface area contributed by atoms with Gasteiger partial charge in [0.25, 0.3) is 0 Å². The predicted molar refractivity (Wildman–Crippen MR) is 71.9 cm³/mol. The Morgan fingerprint density at radius 2 is 2.25 bits per heavy atom. The fourth-order valence-corrected chi connectivity index (χ4v) is 2.62. The second-order valence-electron chi connectivity index (χ2n) is 3.68. The zero-order valence-electron chi connectivity index (χ0n) is 9.27. The summed E-state index contributed by atoms with van der Waals surface area (Å²) in [7, 11) is 0. The molecule has 0 amide bonds. The minimum absolute atomic E-state index is 0.789. The van der Waals surface area contributed by atoms with E-state index < -0.39 is 0 Å². The summed E-state index contributed by atoms with van der Waals surface area (Å²) in [6.07, 6.45) is 3.56. The number of thiol groups is 1. The number of nitrogens with zero attached hydrogens (tertiary/aromatic N) is 1. The Kier molecular flexibility index (Phi) is 4.07. The first-order valence-electron chi connectivity index (χ1n) is 5.52. The molecule has 2 rings (SSSR count). The van der Waals surface area contributed by atoms with Crippen LogP contribution in [-0.4, -0.2) is 11.6 Å². The van der Waals surface area contributed by atoms with E-state index in [1.54, 1.807) is 11.3 Å². The van der Waals surface area contributed by atoms with E-state index in [0.717, 1.165) is 33.3 Å². The van der Waals surface area contributed by atoms with Crippen LogP contribution >= 0.6 is 24.0 Å². The summed E-state index contributed by atoms with van der Waals surface area (Å²) in [6.45, 7) is 2.98. The maximum absolute atomic E-state index is 5.67. The van der Waals surface area contributed by atoms with Gasteiger partial charge in [-0.15, -0.1) is 24.0 Å². The van der Waals surface area contributed by atoms with Gasteiger partial charge in [-0.25, -0.2) is 4.98 Å². The van der Waals surface area contributed by atoms with Crippen molar-refractivity contribution in [1.82, 2.24) is 4.98 Å². The maximum Gasteiger partial charge on any atom is 0.148 e. The van der Waals surface area contributed by atoms with Crippen LogP contribution in [0.4, 0.5) is 0 Å². The molecule has 1 heterocycles. The van der Waals surface area contributed by atoms with Gasteiger partial charge in [0.05, 0.1) is 16.8 Å². The number of fused-ring (bicyclic) bond motifs is 1. The Labute approximate surface area is 105 Å². The topological polar surface area (TPSA) is 22.1 Å². The summed E-state index contributed by atoms with van der Waals surface area (Å²) in [6, 6.07) is 6.03. The quantitative estimate of drug-likeness (QED) is 0.638. The van der Waals surface area contributed by atoms with Gasteiger partial charge in [-0.2, -0.15) is 0 Å². The van der Waals surface area contributed by atoms with Crippen LogP contribution in [0, 0.1) is 0 Å². The molecule has 0 saturated heterocycles. The second-order valence-corrected chi connectivity index (χ2v) is 5.44. The van der Waals surface area contributed by atoms with Crippen molar-refractivity contribution < 1.29 is 4.74 Å². The normalized spacial score (nSPS) is 10.9.